The van der Waals surface area contributed by atoms with Crippen molar-refractivity contribution in [2.75, 3.05) is 6.61 Å². The van der Waals surface area contributed by atoms with Crippen molar-refractivity contribution in [1.82, 2.24) is 4.57 Å². The molecule has 0 aliphatic carbocycles. The highest BCUT2D eigenvalue weighted by molar-refractivity contribution is 6.32. The Labute approximate surface area is 111 Å². The molecule has 0 amide bonds. The lowest BCUT2D eigenvalue weighted by atomic mass is 10.3. The zero-order valence-electron chi connectivity index (χ0n) is 10.4. The number of rotatable bonds is 4. The third-order valence-electron chi connectivity index (χ3n) is 2.88. The molecular weight excluding hydrogens is 253 g/mol. The number of aromatic nitrogens is 1. The Bertz CT molecular complexity index is 531. The first kappa shape index (κ1) is 13.0. The number of hydrogen-bond donors (Lipinski definition) is 0. The SMILES string of the molecule is Cc1ccc(C)n1CCOc1ccc(F)cc1Cl. The molecule has 0 fully saturated rings. The predicted molar refractivity (Wildman–Crippen MR) is 70.8 cm³/mol. The van der Waals surface area contributed by atoms with E-state index in [1.54, 1.807) is 6.07 Å². The smallest absolute Gasteiger partial charge is 0.138 e. The van der Waals surface area contributed by atoms with E-state index in [1.807, 2.05) is 0 Å². The topological polar surface area (TPSA) is 14.2 Å². The second-order valence-electron chi connectivity index (χ2n) is 4.19. The zero-order chi connectivity index (χ0) is 13.1. The van der Waals surface area contributed by atoms with Crippen molar-refractivity contribution in [3.63, 3.8) is 0 Å². The van der Waals surface area contributed by atoms with Crippen LogP contribution in [0.15, 0.2) is 30.3 Å². The van der Waals surface area contributed by atoms with Gasteiger partial charge in [-0.25, -0.2) is 4.39 Å². The van der Waals surface area contributed by atoms with Gasteiger partial charge in [0.2, 0.25) is 0 Å². The Hall–Kier alpha value is -1.48. The van der Waals surface area contributed by atoms with Crippen molar-refractivity contribution in [2.24, 2.45) is 0 Å². The first-order valence-electron chi connectivity index (χ1n) is 5.78. The van der Waals surface area contributed by atoms with Gasteiger partial charge in [-0.05, 0) is 44.2 Å². The van der Waals surface area contributed by atoms with E-state index in [1.165, 1.54) is 23.5 Å². The van der Waals surface area contributed by atoms with E-state index in [0.717, 1.165) is 6.54 Å². The Kier molecular flexibility index (Phi) is 3.92. The van der Waals surface area contributed by atoms with Crippen LogP contribution in [-0.4, -0.2) is 11.2 Å². The maximum Gasteiger partial charge on any atom is 0.138 e. The van der Waals surface area contributed by atoms with E-state index in [9.17, 15) is 4.39 Å². The Morgan fingerprint density at radius 2 is 1.83 bits per heavy atom. The molecule has 96 valence electrons. The molecule has 1 aromatic carbocycles. The van der Waals surface area contributed by atoms with Crippen LogP contribution in [-0.2, 0) is 6.54 Å². The molecule has 0 unspecified atom stereocenters. The van der Waals surface area contributed by atoms with E-state index in [4.69, 9.17) is 16.3 Å². The maximum absolute atomic E-state index is 12.9. The molecule has 2 aromatic rings. The lowest BCUT2D eigenvalue weighted by molar-refractivity contribution is 0.296. The summed E-state index contributed by atoms with van der Waals surface area (Å²) in [5, 5.41) is 0.302. The van der Waals surface area contributed by atoms with Crippen molar-refractivity contribution >= 4 is 11.6 Å². The lowest BCUT2D eigenvalue weighted by Crippen LogP contribution is -2.10. The van der Waals surface area contributed by atoms with Crippen LogP contribution in [0.4, 0.5) is 4.39 Å². The fourth-order valence-corrected chi connectivity index (χ4v) is 2.11. The van der Waals surface area contributed by atoms with Gasteiger partial charge in [-0.2, -0.15) is 0 Å². The van der Waals surface area contributed by atoms with Gasteiger partial charge in [0.15, 0.2) is 0 Å². The van der Waals surface area contributed by atoms with Gasteiger partial charge in [0.05, 0.1) is 11.6 Å². The van der Waals surface area contributed by atoms with Crippen molar-refractivity contribution < 1.29 is 9.13 Å². The van der Waals surface area contributed by atoms with Gasteiger partial charge in [-0.1, -0.05) is 11.6 Å². The highest BCUT2D eigenvalue weighted by Crippen LogP contribution is 2.24. The molecule has 0 spiro atoms. The van der Waals surface area contributed by atoms with Gasteiger partial charge in [0.25, 0.3) is 0 Å². The van der Waals surface area contributed by atoms with E-state index >= 15 is 0 Å². The van der Waals surface area contributed by atoms with E-state index in [0.29, 0.717) is 17.4 Å². The monoisotopic (exact) mass is 267 g/mol. The molecule has 0 atom stereocenters. The Morgan fingerprint density at radius 1 is 1.17 bits per heavy atom. The van der Waals surface area contributed by atoms with Crippen LogP contribution in [0.25, 0.3) is 0 Å². The van der Waals surface area contributed by atoms with E-state index in [2.05, 4.69) is 30.5 Å². The third kappa shape index (κ3) is 2.85. The second-order valence-corrected chi connectivity index (χ2v) is 4.60. The highest BCUT2D eigenvalue weighted by Gasteiger charge is 2.04. The standard InChI is InChI=1S/C14H15ClFNO/c1-10-3-4-11(2)17(10)7-8-18-14-6-5-12(16)9-13(14)15/h3-6,9H,7-8H2,1-2H3. The quantitative estimate of drug-likeness (QED) is 0.817. The Morgan fingerprint density at radius 3 is 2.44 bits per heavy atom. The van der Waals surface area contributed by atoms with Crippen molar-refractivity contribution in [3.05, 3.63) is 52.6 Å². The molecule has 2 rings (SSSR count). The van der Waals surface area contributed by atoms with Crippen LogP contribution in [0.2, 0.25) is 5.02 Å². The molecule has 1 aromatic heterocycles. The number of hydrogen-bond acceptors (Lipinski definition) is 1. The lowest BCUT2D eigenvalue weighted by Gasteiger charge is -2.11. The third-order valence-corrected chi connectivity index (χ3v) is 3.18. The van der Waals surface area contributed by atoms with Crippen LogP contribution < -0.4 is 4.74 Å². The van der Waals surface area contributed by atoms with Gasteiger partial charge < -0.3 is 9.30 Å². The van der Waals surface area contributed by atoms with Gasteiger partial charge in [-0.3, -0.25) is 0 Å². The summed E-state index contributed by atoms with van der Waals surface area (Å²) in [5.74, 6) is 0.157. The number of ether oxygens (including phenoxy) is 1. The van der Waals surface area contributed by atoms with Gasteiger partial charge in [-0.15, -0.1) is 0 Å². The molecule has 4 heteroatoms. The van der Waals surface area contributed by atoms with Gasteiger partial charge in [0, 0.05) is 11.4 Å². The molecular formula is C14H15ClFNO. The molecule has 0 bridgehead atoms. The summed E-state index contributed by atoms with van der Waals surface area (Å²) >= 11 is 5.88. The minimum Gasteiger partial charge on any atom is -0.490 e. The Balaban J connectivity index is 1.96. The fraction of sp³-hybridized carbons (Fsp3) is 0.286. The summed E-state index contributed by atoms with van der Waals surface area (Å²) in [6.45, 7) is 5.36. The minimum absolute atomic E-state index is 0.302. The summed E-state index contributed by atoms with van der Waals surface area (Å²) in [6.07, 6.45) is 0. The number of aryl methyl sites for hydroxylation is 2. The average molecular weight is 268 g/mol. The molecule has 0 saturated carbocycles. The number of nitrogens with zero attached hydrogens (tertiary/aromatic N) is 1. The molecule has 0 aliphatic heterocycles. The molecule has 0 N–H and O–H groups in total. The van der Waals surface area contributed by atoms with E-state index in [-0.39, 0.29) is 5.82 Å². The first-order chi connectivity index (χ1) is 8.58. The van der Waals surface area contributed by atoms with Crippen LogP contribution in [0, 0.1) is 19.7 Å². The molecule has 0 aliphatic rings. The van der Waals surface area contributed by atoms with Crippen LogP contribution >= 0.6 is 11.6 Å². The van der Waals surface area contributed by atoms with E-state index < -0.39 is 0 Å². The summed E-state index contributed by atoms with van der Waals surface area (Å²) < 4.78 is 20.6. The van der Waals surface area contributed by atoms with Crippen LogP contribution in [0.3, 0.4) is 0 Å². The molecule has 18 heavy (non-hydrogen) atoms. The fourth-order valence-electron chi connectivity index (χ4n) is 1.89. The molecule has 0 radical (unpaired) electrons. The molecule has 0 saturated heterocycles. The average Bonchev–Trinajstić information content (AvgIpc) is 2.63. The highest BCUT2D eigenvalue weighted by atomic mass is 35.5. The van der Waals surface area contributed by atoms with Crippen LogP contribution in [0.1, 0.15) is 11.4 Å². The largest absolute Gasteiger partial charge is 0.490 e. The van der Waals surface area contributed by atoms with Crippen molar-refractivity contribution in [2.45, 2.75) is 20.4 Å². The summed E-state index contributed by atoms with van der Waals surface area (Å²) in [4.78, 5) is 0. The van der Waals surface area contributed by atoms with Crippen LogP contribution in [0.5, 0.6) is 5.75 Å². The second kappa shape index (κ2) is 5.44. The summed E-state index contributed by atoms with van der Waals surface area (Å²) in [6, 6.07) is 8.28. The minimum atomic E-state index is -0.357. The van der Waals surface area contributed by atoms with Gasteiger partial charge in [0.1, 0.15) is 18.2 Å². The maximum atomic E-state index is 12.9. The van der Waals surface area contributed by atoms with Crippen molar-refractivity contribution in [1.29, 1.82) is 0 Å². The predicted octanol–water partition coefficient (Wildman–Crippen LogP) is 3.98. The molecule has 2 nitrogen and oxygen atoms in total. The van der Waals surface area contributed by atoms with Crippen molar-refractivity contribution in [3.8, 4) is 5.75 Å². The van der Waals surface area contributed by atoms with Gasteiger partial charge >= 0.3 is 0 Å². The summed E-state index contributed by atoms with van der Waals surface area (Å²) in [5.41, 5.74) is 2.39. The number of benzene rings is 1. The first-order valence-corrected chi connectivity index (χ1v) is 6.16. The molecule has 1 heterocycles. The summed E-state index contributed by atoms with van der Waals surface area (Å²) in [7, 11) is 0. The zero-order valence-corrected chi connectivity index (χ0v) is 11.2. The number of halogens is 2. The normalized spacial score (nSPS) is 10.7.